The molecule has 1 aromatic carbocycles. The molecule has 9 nitrogen and oxygen atoms in total. The Morgan fingerprint density at radius 1 is 1.05 bits per heavy atom. The van der Waals surface area contributed by atoms with Gasteiger partial charge in [-0.3, -0.25) is 0 Å². The van der Waals surface area contributed by atoms with Crippen molar-refractivity contribution in [1.29, 1.82) is 0 Å². The molecule has 21 heavy (non-hydrogen) atoms. The largest absolute Gasteiger partial charge is 0.467 e. The molecular weight excluding hydrogens is 298 g/mol. The van der Waals surface area contributed by atoms with Crippen LogP contribution in [0.1, 0.15) is 0 Å². The highest BCUT2D eigenvalue weighted by molar-refractivity contribution is 7.92. The van der Waals surface area contributed by atoms with Gasteiger partial charge in [-0.25, -0.2) is 13.1 Å². The first-order valence-electron chi connectivity index (χ1n) is 5.67. The third-order valence-electron chi connectivity index (χ3n) is 2.39. The van der Waals surface area contributed by atoms with Crippen molar-refractivity contribution in [2.24, 2.45) is 0 Å². The highest BCUT2D eigenvalue weighted by Gasteiger charge is 2.19. The number of sulfonamides is 1. The fraction of sp³-hybridized carbons (Fsp3) is 0.182. The molecule has 10 heteroatoms. The van der Waals surface area contributed by atoms with Crippen LogP contribution in [-0.4, -0.2) is 37.6 Å². The minimum atomic E-state index is -3.93. The average molecular weight is 311 g/mol. The number of ether oxygens (including phenoxy) is 2. The van der Waals surface area contributed by atoms with E-state index in [1.165, 1.54) is 26.4 Å². The second kappa shape index (κ2) is 5.79. The molecule has 0 saturated carbocycles. The summed E-state index contributed by atoms with van der Waals surface area (Å²) in [6, 6.07) is 5.86. The lowest BCUT2D eigenvalue weighted by molar-refractivity contribution is 0.341. The smallest absolute Gasteiger partial charge is 0.324 e. The molecule has 0 spiro atoms. The third-order valence-corrected chi connectivity index (χ3v) is 3.80. The van der Waals surface area contributed by atoms with E-state index in [9.17, 15) is 8.42 Å². The van der Waals surface area contributed by atoms with E-state index in [1.54, 1.807) is 12.1 Å². The van der Waals surface area contributed by atoms with Gasteiger partial charge in [0.25, 0.3) is 10.0 Å². The molecule has 0 saturated heterocycles. The summed E-state index contributed by atoms with van der Waals surface area (Å²) in [6.45, 7) is 0. The maximum Gasteiger partial charge on any atom is 0.324 e. The van der Waals surface area contributed by atoms with Crippen molar-refractivity contribution in [3.8, 4) is 12.0 Å². The Hall–Kier alpha value is -2.62. The third kappa shape index (κ3) is 3.28. The van der Waals surface area contributed by atoms with Gasteiger partial charge in [-0.2, -0.15) is 9.97 Å². The topological polar surface area (TPSA) is 129 Å². The number of para-hydroxylation sites is 1. The maximum absolute atomic E-state index is 12.2. The number of aromatic nitrogens is 3. The zero-order chi connectivity index (χ0) is 15.5. The summed E-state index contributed by atoms with van der Waals surface area (Å²) in [6.07, 6.45) is 0. The monoisotopic (exact) mass is 311 g/mol. The molecular formula is C11H13N5O4S. The van der Waals surface area contributed by atoms with Crippen LogP contribution in [-0.2, 0) is 10.0 Å². The maximum atomic E-state index is 12.2. The van der Waals surface area contributed by atoms with E-state index in [2.05, 4.69) is 19.7 Å². The summed E-state index contributed by atoms with van der Waals surface area (Å²) in [5.41, 5.74) is 5.76. The second-order valence-electron chi connectivity index (χ2n) is 3.78. The molecule has 0 aliphatic heterocycles. The van der Waals surface area contributed by atoms with Crippen LogP contribution in [0.4, 0.5) is 11.6 Å². The standard InChI is InChI=1S/C11H13N5O4S/c1-19-10-13-9(14-11(15-10)20-2)16-21(17,18)8-6-4-3-5-7(8)12/h3-6H,12H2,1-2H3,(H,13,14,15,16). The summed E-state index contributed by atoms with van der Waals surface area (Å²) < 4.78 is 36.4. The van der Waals surface area contributed by atoms with Gasteiger partial charge in [-0.05, 0) is 12.1 Å². The van der Waals surface area contributed by atoms with E-state index in [4.69, 9.17) is 15.2 Å². The predicted molar refractivity (Wildman–Crippen MR) is 74.6 cm³/mol. The van der Waals surface area contributed by atoms with Gasteiger partial charge in [0.1, 0.15) is 4.90 Å². The summed E-state index contributed by atoms with van der Waals surface area (Å²) in [4.78, 5) is 11.3. The van der Waals surface area contributed by atoms with Crippen LogP contribution >= 0.6 is 0 Å². The van der Waals surface area contributed by atoms with E-state index in [1.807, 2.05) is 0 Å². The van der Waals surface area contributed by atoms with Crippen molar-refractivity contribution < 1.29 is 17.9 Å². The van der Waals surface area contributed by atoms with Crippen molar-refractivity contribution in [3.63, 3.8) is 0 Å². The SMILES string of the molecule is COc1nc(NS(=O)(=O)c2ccccc2N)nc(OC)n1. The van der Waals surface area contributed by atoms with Crippen molar-refractivity contribution in [2.45, 2.75) is 4.90 Å². The fourth-order valence-electron chi connectivity index (χ4n) is 1.47. The molecule has 2 rings (SSSR count). The number of nitrogen functional groups attached to an aromatic ring is 1. The zero-order valence-electron chi connectivity index (χ0n) is 11.3. The molecule has 1 heterocycles. The van der Waals surface area contributed by atoms with Crippen LogP contribution in [0.25, 0.3) is 0 Å². The Balaban J connectivity index is 2.39. The van der Waals surface area contributed by atoms with Crippen molar-refractivity contribution in [1.82, 2.24) is 15.0 Å². The van der Waals surface area contributed by atoms with E-state index in [0.717, 1.165) is 0 Å². The van der Waals surface area contributed by atoms with Gasteiger partial charge < -0.3 is 15.2 Å². The van der Waals surface area contributed by atoms with Gasteiger partial charge in [0, 0.05) is 0 Å². The molecule has 0 amide bonds. The number of anilines is 2. The number of nitrogens with one attached hydrogen (secondary N) is 1. The number of nitrogens with zero attached hydrogens (tertiary/aromatic N) is 3. The molecule has 0 aliphatic rings. The van der Waals surface area contributed by atoms with Crippen molar-refractivity contribution >= 4 is 21.7 Å². The average Bonchev–Trinajstić information content (AvgIpc) is 2.46. The van der Waals surface area contributed by atoms with Gasteiger partial charge in [-0.1, -0.05) is 12.1 Å². The number of rotatable bonds is 5. The molecule has 0 radical (unpaired) electrons. The van der Waals surface area contributed by atoms with Crippen LogP contribution < -0.4 is 19.9 Å². The Kier molecular flexibility index (Phi) is 4.08. The van der Waals surface area contributed by atoms with Crippen molar-refractivity contribution in [2.75, 3.05) is 24.7 Å². The fourth-order valence-corrected chi connectivity index (χ4v) is 2.54. The molecule has 0 unspecified atom stereocenters. The van der Waals surface area contributed by atoms with E-state index in [0.29, 0.717) is 0 Å². The minimum absolute atomic E-state index is 0.0802. The van der Waals surface area contributed by atoms with Gasteiger partial charge in [0.2, 0.25) is 5.95 Å². The number of benzene rings is 1. The Morgan fingerprint density at radius 2 is 1.62 bits per heavy atom. The van der Waals surface area contributed by atoms with Gasteiger partial charge in [0.15, 0.2) is 0 Å². The van der Waals surface area contributed by atoms with Gasteiger partial charge in [-0.15, -0.1) is 4.98 Å². The van der Waals surface area contributed by atoms with Crippen LogP contribution in [0.3, 0.4) is 0 Å². The van der Waals surface area contributed by atoms with E-state index in [-0.39, 0.29) is 28.6 Å². The summed E-state index contributed by atoms with van der Waals surface area (Å²) >= 11 is 0. The molecule has 1 aromatic heterocycles. The number of nitrogens with two attached hydrogens (primary N) is 1. The van der Waals surface area contributed by atoms with Gasteiger partial charge in [0.05, 0.1) is 19.9 Å². The summed E-state index contributed by atoms with van der Waals surface area (Å²) in [5, 5.41) is 0. The molecule has 0 atom stereocenters. The molecule has 0 fully saturated rings. The number of hydrogen-bond donors (Lipinski definition) is 2. The highest BCUT2D eigenvalue weighted by atomic mass is 32.2. The van der Waals surface area contributed by atoms with E-state index < -0.39 is 10.0 Å². The zero-order valence-corrected chi connectivity index (χ0v) is 12.1. The first-order chi connectivity index (χ1) is 9.96. The first kappa shape index (κ1) is 14.8. The van der Waals surface area contributed by atoms with Crippen LogP contribution in [0.5, 0.6) is 12.0 Å². The normalized spacial score (nSPS) is 11.0. The minimum Gasteiger partial charge on any atom is -0.467 e. The lowest BCUT2D eigenvalue weighted by atomic mass is 10.3. The first-order valence-corrected chi connectivity index (χ1v) is 7.16. The summed E-state index contributed by atoms with van der Waals surface area (Å²) in [5.74, 6) is -0.234. The number of hydrogen-bond acceptors (Lipinski definition) is 8. The van der Waals surface area contributed by atoms with Crippen LogP contribution in [0, 0.1) is 0 Å². The molecule has 2 aromatic rings. The van der Waals surface area contributed by atoms with Crippen LogP contribution in [0.2, 0.25) is 0 Å². The van der Waals surface area contributed by atoms with E-state index >= 15 is 0 Å². The lowest BCUT2D eigenvalue weighted by Gasteiger charge is -2.09. The molecule has 0 aliphatic carbocycles. The Bertz CT molecular complexity index is 728. The molecule has 0 bridgehead atoms. The second-order valence-corrected chi connectivity index (χ2v) is 5.43. The van der Waals surface area contributed by atoms with Crippen molar-refractivity contribution in [3.05, 3.63) is 24.3 Å². The molecule has 3 N–H and O–H groups in total. The predicted octanol–water partition coefficient (Wildman–Crippen LogP) is 0.272. The Labute approximate surface area is 121 Å². The van der Waals surface area contributed by atoms with Gasteiger partial charge >= 0.3 is 12.0 Å². The number of methoxy groups -OCH3 is 2. The quantitative estimate of drug-likeness (QED) is 0.753. The van der Waals surface area contributed by atoms with Crippen LogP contribution in [0.15, 0.2) is 29.2 Å². The lowest BCUT2D eigenvalue weighted by Crippen LogP contribution is -2.17. The Morgan fingerprint density at radius 3 is 2.14 bits per heavy atom. The molecule has 112 valence electrons. The summed E-state index contributed by atoms with van der Waals surface area (Å²) in [7, 11) is -1.26. The highest BCUT2D eigenvalue weighted by Crippen LogP contribution is 2.21.